The molecule has 0 unspecified atom stereocenters. The van der Waals surface area contributed by atoms with Gasteiger partial charge in [-0.1, -0.05) is 54.3 Å². The van der Waals surface area contributed by atoms with E-state index in [9.17, 15) is 0 Å². The highest BCUT2D eigenvalue weighted by Gasteiger charge is 2.23. The highest BCUT2D eigenvalue weighted by molar-refractivity contribution is 5.68. The van der Waals surface area contributed by atoms with Gasteiger partial charge in [0.2, 0.25) is 0 Å². The molecule has 3 heteroatoms. The zero-order valence-electron chi connectivity index (χ0n) is 14.4. The summed E-state index contributed by atoms with van der Waals surface area (Å²) in [5, 5.41) is 2.06. The molecular weight excluding hydrogens is 320 g/mol. The Morgan fingerprint density at radius 1 is 0.885 bits per heavy atom. The van der Waals surface area contributed by atoms with Crippen LogP contribution in [0.2, 0.25) is 0 Å². The molecule has 1 aliphatic heterocycles. The van der Waals surface area contributed by atoms with E-state index in [0.29, 0.717) is 0 Å². The Morgan fingerprint density at radius 3 is 2.31 bits per heavy atom. The molecule has 0 bridgehead atoms. The summed E-state index contributed by atoms with van der Waals surface area (Å²) in [6.45, 7) is 0. The fourth-order valence-electron chi connectivity index (χ4n) is 2.89. The predicted octanol–water partition coefficient (Wildman–Crippen LogP) is 4.34. The fourth-order valence-corrected chi connectivity index (χ4v) is 2.89. The van der Waals surface area contributed by atoms with Crippen molar-refractivity contribution in [2.75, 3.05) is 12.1 Å². The number of methoxy groups -OCH3 is 1. The van der Waals surface area contributed by atoms with Crippen LogP contribution < -0.4 is 15.2 Å². The Kier molecular flexibility index (Phi) is 4.32. The van der Waals surface area contributed by atoms with Crippen molar-refractivity contribution < 1.29 is 4.74 Å². The average Bonchev–Trinajstić information content (AvgIpc) is 3.37. The second-order valence-corrected chi connectivity index (χ2v) is 5.86. The quantitative estimate of drug-likeness (QED) is 0.825. The second-order valence-electron chi connectivity index (χ2n) is 5.86. The van der Waals surface area contributed by atoms with Gasteiger partial charge in [-0.3, -0.25) is 10.4 Å². The molecule has 0 amide bonds. The number of allylic oxidation sites excluding steroid dienone is 6. The van der Waals surface area contributed by atoms with Gasteiger partial charge in [-0.05, 0) is 36.4 Å². The van der Waals surface area contributed by atoms with Crippen LogP contribution in [-0.2, 0) is 0 Å². The number of hydrogen-bond donors (Lipinski definition) is 1. The van der Waals surface area contributed by atoms with Crippen molar-refractivity contribution in [1.82, 2.24) is 5.43 Å². The van der Waals surface area contributed by atoms with E-state index in [1.165, 1.54) is 0 Å². The molecule has 0 atom stereocenters. The number of hydrogen-bond acceptors (Lipinski definition) is 3. The Morgan fingerprint density at radius 2 is 1.62 bits per heavy atom. The molecular formula is C23H18N2O. The first-order chi connectivity index (χ1) is 12.8. The molecule has 2 aromatic rings. The smallest absolute Gasteiger partial charge is 0.118 e. The van der Waals surface area contributed by atoms with E-state index >= 15 is 0 Å². The maximum absolute atomic E-state index is 5.20. The van der Waals surface area contributed by atoms with Gasteiger partial charge in [0.05, 0.1) is 24.1 Å². The summed E-state index contributed by atoms with van der Waals surface area (Å²) in [4.78, 5) is 0. The van der Waals surface area contributed by atoms with Gasteiger partial charge in [0.15, 0.2) is 0 Å². The van der Waals surface area contributed by atoms with Gasteiger partial charge in [-0.15, -0.1) is 0 Å². The van der Waals surface area contributed by atoms with Crippen LogP contribution in [0.3, 0.4) is 0 Å². The molecule has 0 spiro atoms. The van der Waals surface area contributed by atoms with Crippen LogP contribution in [-0.4, -0.2) is 7.11 Å². The van der Waals surface area contributed by atoms with E-state index < -0.39 is 0 Å². The highest BCUT2D eigenvalue weighted by atomic mass is 16.5. The third kappa shape index (κ3) is 3.13. The number of para-hydroxylation sites is 1. The summed E-state index contributed by atoms with van der Waals surface area (Å²) in [6, 6.07) is 18.0. The van der Waals surface area contributed by atoms with Gasteiger partial charge in [0.25, 0.3) is 0 Å². The van der Waals surface area contributed by atoms with E-state index in [1.807, 2.05) is 60.8 Å². The topological polar surface area (TPSA) is 24.5 Å². The van der Waals surface area contributed by atoms with Crippen LogP contribution >= 0.6 is 0 Å². The summed E-state index contributed by atoms with van der Waals surface area (Å²) in [5.41, 5.74) is 8.49. The van der Waals surface area contributed by atoms with Gasteiger partial charge in [0.1, 0.15) is 5.75 Å². The fraction of sp³-hybridized carbons (Fsp3) is 0.0435. The van der Waals surface area contributed by atoms with Crippen molar-refractivity contribution in [2.45, 2.75) is 0 Å². The van der Waals surface area contributed by atoms with Crippen LogP contribution in [0.15, 0.2) is 102 Å². The van der Waals surface area contributed by atoms with E-state index in [1.54, 1.807) is 7.11 Å². The van der Waals surface area contributed by atoms with Crippen molar-refractivity contribution in [3.63, 3.8) is 0 Å². The lowest BCUT2D eigenvalue weighted by molar-refractivity contribution is 0.415. The van der Waals surface area contributed by atoms with Crippen LogP contribution in [0.5, 0.6) is 5.75 Å². The van der Waals surface area contributed by atoms with Crippen LogP contribution in [0.25, 0.3) is 0 Å². The summed E-state index contributed by atoms with van der Waals surface area (Å²) < 4.78 is 5.20. The van der Waals surface area contributed by atoms with Gasteiger partial charge < -0.3 is 4.74 Å². The molecule has 0 radical (unpaired) electrons. The largest absolute Gasteiger partial charge is 0.497 e. The zero-order chi connectivity index (χ0) is 17.8. The number of anilines is 1. The third-order valence-electron chi connectivity index (χ3n) is 4.20. The summed E-state index contributed by atoms with van der Waals surface area (Å²) in [6.07, 6.45) is 10.2. The van der Waals surface area contributed by atoms with Gasteiger partial charge >= 0.3 is 0 Å². The molecule has 1 heterocycles. The number of nitrogens with zero attached hydrogens (tertiary/aromatic N) is 1. The third-order valence-corrected chi connectivity index (χ3v) is 4.20. The molecule has 2 aliphatic rings. The number of nitrogens with one attached hydrogen (secondary N) is 1. The first-order valence-corrected chi connectivity index (χ1v) is 8.42. The van der Waals surface area contributed by atoms with E-state index in [4.69, 9.17) is 4.74 Å². The van der Waals surface area contributed by atoms with Crippen molar-refractivity contribution >= 4 is 5.69 Å². The highest BCUT2D eigenvalue weighted by Crippen LogP contribution is 2.30. The Balaban J connectivity index is 1.68. The van der Waals surface area contributed by atoms with E-state index in [-0.39, 0.29) is 0 Å². The summed E-state index contributed by atoms with van der Waals surface area (Å²) >= 11 is 0. The van der Waals surface area contributed by atoms with Gasteiger partial charge in [-0.2, -0.15) is 0 Å². The molecule has 26 heavy (non-hydrogen) atoms. The molecule has 1 N–H and O–H groups in total. The standard InChI is InChI=1S/C23H18N2O/c1-26-22-15-12-18(13-16-22)11-14-20-17-24-25(21-9-3-2-4-10-21)23(20)19-7-5-6-8-19/h2-10,12-13,15-17,24H,1H3. The number of hydrazine groups is 1. The Hall–Kier alpha value is -3.64. The lowest BCUT2D eigenvalue weighted by Crippen LogP contribution is -2.29. The molecule has 3 nitrogen and oxygen atoms in total. The molecule has 4 rings (SSSR count). The average molecular weight is 338 g/mol. The molecule has 0 saturated carbocycles. The molecule has 1 aliphatic carbocycles. The van der Waals surface area contributed by atoms with Crippen LogP contribution in [0.4, 0.5) is 5.69 Å². The van der Waals surface area contributed by atoms with Gasteiger partial charge in [0, 0.05) is 17.3 Å². The lowest BCUT2D eigenvalue weighted by Gasteiger charge is -2.22. The number of ether oxygens (including phenoxy) is 1. The Labute approximate surface area is 153 Å². The molecule has 0 fully saturated rings. The van der Waals surface area contributed by atoms with Crippen LogP contribution in [0.1, 0.15) is 5.56 Å². The normalized spacial score (nSPS) is 14.8. The number of benzene rings is 2. The summed E-state index contributed by atoms with van der Waals surface area (Å²) in [7, 11) is 1.66. The van der Waals surface area contributed by atoms with E-state index in [2.05, 4.69) is 46.6 Å². The SMILES string of the molecule is COc1ccc(C#CC2=CNN(c3ccccc3)C2=C2C=CC=C2)cc1. The van der Waals surface area contributed by atoms with E-state index in [0.717, 1.165) is 33.8 Å². The molecule has 2 aromatic carbocycles. The first-order valence-electron chi connectivity index (χ1n) is 8.42. The minimum Gasteiger partial charge on any atom is -0.497 e. The lowest BCUT2D eigenvalue weighted by atomic mass is 10.1. The van der Waals surface area contributed by atoms with Crippen molar-refractivity contribution in [3.8, 4) is 17.6 Å². The van der Waals surface area contributed by atoms with Crippen molar-refractivity contribution in [2.24, 2.45) is 0 Å². The second kappa shape index (κ2) is 7.08. The molecule has 126 valence electrons. The zero-order valence-corrected chi connectivity index (χ0v) is 14.4. The van der Waals surface area contributed by atoms with Gasteiger partial charge in [-0.25, -0.2) is 0 Å². The summed E-state index contributed by atoms with van der Waals surface area (Å²) in [5.74, 6) is 7.37. The van der Waals surface area contributed by atoms with Crippen LogP contribution in [0, 0.1) is 11.8 Å². The molecule has 0 saturated heterocycles. The Bertz CT molecular complexity index is 970. The van der Waals surface area contributed by atoms with Crippen molar-refractivity contribution in [3.05, 3.63) is 108 Å². The predicted molar refractivity (Wildman–Crippen MR) is 105 cm³/mol. The maximum Gasteiger partial charge on any atom is 0.118 e. The monoisotopic (exact) mass is 338 g/mol. The number of rotatable bonds is 2. The maximum atomic E-state index is 5.20. The molecule has 0 aromatic heterocycles. The minimum atomic E-state index is 0.830. The first kappa shape index (κ1) is 15.9. The minimum absolute atomic E-state index is 0.830. The van der Waals surface area contributed by atoms with Crippen molar-refractivity contribution in [1.29, 1.82) is 0 Å².